The molecule has 0 bridgehead atoms. The highest BCUT2D eigenvalue weighted by Crippen LogP contribution is 2.08. The summed E-state index contributed by atoms with van der Waals surface area (Å²) in [5, 5.41) is 3.23. The second kappa shape index (κ2) is 6.83. The van der Waals surface area contributed by atoms with Gasteiger partial charge in [-0.3, -0.25) is 4.79 Å². The number of nitrogens with zero attached hydrogens (tertiary/aromatic N) is 2. The second-order valence-corrected chi connectivity index (χ2v) is 3.83. The number of anilines is 1. The highest BCUT2D eigenvalue weighted by Gasteiger charge is 2.07. The molecule has 0 aromatic carbocycles. The molecule has 5 nitrogen and oxygen atoms in total. The van der Waals surface area contributed by atoms with Crippen LogP contribution in [0.4, 0.5) is 5.82 Å². The van der Waals surface area contributed by atoms with Crippen molar-refractivity contribution in [1.82, 2.24) is 9.97 Å². The van der Waals surface area contributed by atoms with Crippen molar-refractivity contribution >= 4 is 11.8 Å². The quantitative estimate of drug-likeness (QED) is 0.764. The van der Waals surface area contributed by atoms with E-state index in [-0.39, 0.29) is 12.4 Å². The van der Waals surface area contributed by atoms with Gasteiger partial charge < -0.3 is 10.1 Å². The number of carbonyl (C=O) groups excluding carboxylic acids is 1. The molecule has 0 amide bonds. The van der Waals surface area contributed by atoms with Gasteiger partial charge in [0.15, 0.2) is 0 Å². The monoisotopic (exact) mass is 237 g/mol. The first-order valence-corrected chi connectivity index (χ1v) is 5.88. The minimum Gasteiger partial charge on any atom is -0.466 e. The standard InChI is InChI=1S/C12H19N3O2/c1-4-9(3)15-11-6-10(13-8-14-11)7-12(16)17-5-2/h6,8-9H,4-5,7H2,1-3H3,(H,13,14,15). The van der Waals surface area contributed by atoms with Crippen LogP contribution in [-0.2, 0) is 16.0 Å². The Bertz CT molecular complexity index is 369. The number of rotatable bonds is 6. The molecule has 1 aromatic rings. The molecule has 1 atom stereocenters. The first-order chi connectivity index (χ1) is 8.15. The van der Waals surface area contributed by atoms with Gasteiger partial charge in [0.2, 0.25) is 0 Å². The lowest BCUT2D eigenvalue weighted by atomic mass is 10.2. The van der Waals surface area contributed by atoms with Crippen molar-refractivity contribution in [3.63, 3.8) is 0 Å². The zero-order valence-corrected chi connectivity index (χ0v) is 10.6. The number of ether oxygens (including phenoxy) is 1. The Kier molecular flexibility index (Phi) is 5.39. The van der Waals surface area contributed by atoms with Crippen molar-refractivity contribution in [3.8, 4) is 0 Å². The Morgan fingerprint density at radius 1 is 1.47 bits per heavy atom. The zero-order valence-electron chi connectivity index (χ0n) is 10.6. The lowest BCUT2D eigenvalue weighted by Crippen LogP contribution is -2.15. The van der Waals surface area contributed by atoms with E-state index in [4.69, 9.17) is 4.74 Å². The van der Waals surface area contributed by atoms with Gasteiger partial charge in [-0.05, 0) is 20.3 Å². The van der Waals surface area contributed by atoms with E-state index in [0.29, 0.717) is 18.3 Å². The van der Waals surface area contributed by atoms with E-state index in [0.717, 1.165) is 12.2 Å². The largest absolute Gasteiger partial charge is 0.466 e. The molecular weight excluding hydrogens is 218 g/mol. The third kappa shape index (κ3) is 4.80. The summed E-state index contributed by atoms with van der Waals surface area (Å²) in [4.78, 5) is 19.4. The van der Waals surface area contributed by atoms with E-state index in [1.165, 1.54) is 6.33 Å². The highest BCUT2D eigenvalue weighted by atomic mass is 16.5. The van der Waals surface area contributed by atoms with E-state index in [1.807, 2.05) is 0 Å². The van der Waals surface area contributed by atoms with E-state index in [9.17, 15) is 4.79 Å². The maximum absolute atomic E-state index is 11.3. The van der Waals surface area contributed by atoms with Gasteiger partial charge in [0.25, 0.3) is 0 Å². The molecule has 0 saturated carbocycles. The van der Waals surface area contributed by atoms with Crippen molar-refractivity contribution in [2.45, 2.75) is 39.7 Å². The Morgan fingerprint density at radius 3 is 2.88 bits per heavy atom. The molecule has 5 heteroatoms. The third-order valence-corrected chi connectivity index (χ3v) is 2.36. The molecule has 1 unspecified atom stereocenters. The first-order valence-electron chi connectivity index (χ1n) is 5.88. The summed E-state index contributed by atoms with van der Waals surface area (Å²) >= 11 is 0. The third-order valence-electron chi connectivity index (χ3n) is 2.36. The Hall–Kier alpha value is -1.65. The van der Waals surface area contributed by atoms with Crippen molar-refractivity contribution in [3.05, 3.63) is 18.1 Å². The lowest BCUT2D eigenvalue weighted by molar-refractivity contribution is -0.142. The van der Waals surface area contributed by atoms with Crippen LogP contribution in [0.1, 0.15) is 32.9 Å². The SMILES string of the molecule is CCOC(=O)Cc1cc(NC(C)CC)ncn1. The molecule has 1 N–H and O–H groups in total. The van der Waals surface area contributed by atoms with Crippen molar-refractivity contribution in [2.75, 3.05) is 11.9 Å². The van der Waals surface area contributed by atoms with Crippen LogP contribution in [0.25, 0.3) is 0 Å². The molecule has 0 saturated heterocycles. The van der Waals surface area contributed by atoms with Gasteiger partial charge in [-0.1, -0.05) is 6.92 Å². The highest BCUT2D eigenvalue weighted by molar-refractivity contribution is 5.72. The molecule has 1 rings (SSSR count). The number of hydrogen-bond donors (Lipinski definition) is 1. The number of aromatic nitrogens is 2. The summed E-state index contributed by atoms with van der Waals surface area (Å²) in [6.45, 7) is 6.35. The van der Waals surface area contributed by atoms with E-state index in [1.54, 1.807) is 13.0 Å². The fourth-order valence-electron chi connectivity index (χ4n) is 1.29. The molecule has 94 valence electrons. The minimum atomic E-state index is -0.263. The minimum absolute atomic E-state index is 0.186. The normalized spacial score (nSPS) is 11.9. The van der Waals surface area contributed by atoms with Crippen LogP contribution in [-0.4, -0.2) is 28.6 Å². The molecule has 0 aliphatic heterocycles. The summed E-state index contributed by atoms with van der Waals surface area (Å²) in [5.74, 6) is 0.481. The van der Waals surface area contributed by atoms with Crippen molar-refractivity contribution < 1.29 is 9.53 Å². The predicted molar refractivity (Wildman–Crippen MR) is 65.7 cm³/mol. The number of nitrogens with one attached hydrogen (secondary N) is 1. The molecule has 0 radical (unpaired) electrons. The van der Waals surface area contributed by atoms with Gasteiger partial charge in [0, 0.05) is 12.1 Å². The van der Waals surface area contributed by atoms with Crippen LogP contribution in [0.3, 0.4) is 0 Å². The first kappa shape index (κ1) is 13.4. The van der Waals surface area contributed by atoms with Gasteiger partial charge in [-0.25, -0.2) is 9.97 Å². The van der Waals surface area contributed by atoms with Gasteiger partial charge >= 0.3 is 5.97 Å². The number of hydrogen-bond acceptors (Lipinski definition) is 5. The molecule has 0 aliphatic carbocycles. The van der Waals surface area contributed by atoms with Gasteiger partial charge in [-0.15, -0.1) is 0 Å². The number of carbonyl (C=O) groups is 1. The Morgan fingerprint density at radius 2 is 2.24 bits per heavy atom. The molecule has 1 heterocycles. The summed E-state index contributed by atoms with van der Waals surface area (Å²) in [6.07, 6.45) is 2.65. The maximum Gasteiger partial charge on any atom is 0.311 e. The van der Waals surface area contributed by atoms with Crippen LogP contribution in [0.5, 0.6) is 0 Å². The molecule has 0 spiro atoms. The van der Waals surface area contributed by atoms with E-state index >= 15 is 0 Å². The fourth-order valence-corrected chi connectivity index (χ4v) is 1.29. The summed E-state index contributed by atoms with van der Waals surface area (Å²) in [6, 6.07) is 2.13. The lowest BCUT2D eigenvalue weighted by Gasteiger charge is -2.12. The smallest absolute Gasteiger partial charge is 0.311 e. The Balaban J connectivity index is 2.62. The topological polar surface area (TPSA) is 64.1 Å². The van der Waals surface area contributed by atoms with Crippen LogP contribution in [0.15, 0.2) is 12.4 Å². The number of esters is 1. The Labute approximate surface area is 102 Å². The van der Waals surface area contributed by atoms with Crippen LogP contribution in [0, 0.1) is 0 Å². The van der Waals surface area contributed by atoms with Crippen LogP contribution in [0.2, 0.25) is 0 Å². The van der Waals surface area contributed by atoms with Crippen molar-refractivity contribution in [1.29, 1.82) is 0 Å². The average molecular weight is 237 g/mol. The molecular formula is C12H19N3O2. The molecule has 0 fully saturated rings. The van der Waals surface area contributed by atoms with Crippen LogP contribution >= 0.6 is 0 Å². The second-order valence-electron chi connectivity index (χ2n) is 3.83. The van der Waals surface area contributed by atoms with Crippen molar-refractivity contribution in [2.24, 2.45) is 0 Å². The summed E-state index contributed by atoms with van der Waals surface area (Å²) < 4.78 is 4.87. The molecule has 17 heavy (non-hydrogen) atoms. The van der Waals surface area contributed by atoms with Gasteiger partial charge in [0.05, 0.1) is 18.7 Å². The van der Waals surface area contributed by atoms with Gasteiger partial charge in [0.1, 0.15) is 12.1 Å². The van der Waals surface area contributed by atoms with E-state index in [2.05, 4.69) is 29.1 Å². The fraction of sp³-hybridized carbons (Fsp3) is 0.583. The van der Waals surface area contributed by atoms with E-state index < -0.39 is 0 Å². The zero-order chi connectivity index (χ0) is 12.7. The summed E-state index contributed by atoms with van der Waals surface area (Å²) in [7, 11) is 0. The maximum atomic E-state index is 11.3. The average Bonchev–Trinajstić information content (AvgIpc) is 2.29. The van der Waals surface area contributed by atoms with Gasteiger partial charge in [-0.2, -0.15) is 0 Å². The van der Waals surface area contributed by atoms with Crippen LogP contribution < -0.4 is 5.32 Å². The molecule has 1 aromatic heterocycles. The molecule has 0 aliphatic rings. The predicted octanol–water partition coefficient (Wildman–Crippen LogP) is 1.79. The summed E-state index contributed by atoms with van der Waals surface area (Å²) in [5.41, 5.74) is 0.671.